The van der Waals surface area contributed by atoms with Crippen LogP contribution in [0.15, 0.2) is 30.5 Å². The monoisotopic (exact) mass is 550 g/mol. The number of alkyl halides is 2. The largest absolute Gasteiger partial charge is 0.444 e. The molecular formula is C26H29F3N4O4S. The average molecular weight is 551 g/mol. The summed E-state index contributed by atoms with van der Waals surface area (Å²) in [5.74, 6) is -0.643. The van der Waals surface area contributed by atoms with E-state index < -0.39 is 23.1 Å². The van der Waals surface area contributed by atoms with Crippen LogP contribution in [0.3, 0.4) is 0 Å². The third-order valence-corrected chi connectivity index (χ3v) is 7.65. The molecule has 3 aliphatic rings. The predicted molar refractivity (Wildman–Crippen MR) is 137 cm³/mol. The first-order valence-corrected chi connectivity index (χ1v) is 13.1. The maximum Gasteiger partial charge on any atom is 0.426 e. The summed E-state index contributed by atoms with van der Waals surface area (Å²) < 4.78 is 53.7. The molecule has 6 rings (SSSR count). The molecule has 38 heavy (non-hydrogen) atoms. The van der Waals surface area contributed by atoms with E-state index >= 15 is 0 Å². The lowest BCUT2D eigenvalue weighted by Crippen LogP contribution is -2.70. The number of nitrogens with zero attached hydrogens (tertiary/aromatic N) is 4. The van der Waals surface area contributed by atoms with Gasteiger partial charge >= 0.3 is 12.2 Å². The number of aromatic nitrogens is 2. The van der Waals surface area contributed by atoms with Gasteiger partial charge in [0.2, 0.25) is 0 Å². The summed E-state index contributed by atoms with van der Waals surface area (Å²) in [4.78, 5) is 25.3. The van der Waals surface area contributed by atoms with Crippen molar-refractivity contribution < 1.29 is 32.5 Å². The number of aliphatic hydroxyl groups is 1. The van der Waals surface area contributed by atoms with E-state index in [1.165, 1.54) is 29.5 Å². The predicted octanol–water partition coefficient (Wildman–Crippen LogP) is 5.44. The maximum absolute atomic E-state index is 14.7. The van der Waals surface area contributed by atoms with Gasteiger partial charge in [0, 0.05) is 18.7 Å². The van der Waals surface area contributed by atoms with E-state index in [-0.39, 0.29) is 23.9 Å². The van der Waals surface area contributed by atoms with Crippen LogP contribution in [0.25, 0.3) is 21.5 Å². The van der Waals surface area contributed by atoms with Crippen LogP contribution in [0, 0.1) is 5.82 Å². The van der Waals surface area contributed by atoms with Gasteiger partial charge in [0.25, 0.3) is 0 Å². The highest BCUT2D eigenvalue weighted by Gasteiger charge is 2.50. The van der Waals surface area contributed by atoms with Crippen LogP contribution in [0.4, 0.5) is 23.1 Å². The molecule has 3 fully saturated rings. The van der Waals surface area contributed by atoms with Crippen molar-refractivity contribution in [3.8, 4) is 17.0 Å². The Labute approximate surface area is 222 Å². The lowest BCUT2D eigenvalue weighted by Gasteiger charge is -2.55. The summed E-state index contributed by atoms with van der Waals surface area (Å²) in [5, 5.41) is 10.5. The second-order valence-electron chi connectivity index (χ2n) is 11.2. The molecule has 8 nitrogen and oxygen atoms in total. The normalized spacial score (nSPS) is 19.9. The second-order valence-corrected chi connectivity index (χ2v) is 12.1. The minimum absolute atomic E-state index is 0.0518. The first-order valence-electron chi connectivity index (χ1n) is 12.2. The van der Waals surface area contributed by atoms with E-state index in [1.807, 2.05) is 25.7 Å². The van der Waals surface area contributed by atoms with E-state index in [9.17, 15) is 23.1 Å². The smallest absolute Gasteiger partial charge is 0.426 e. The number of anilines is 1. The van der Waals surface area contributed by atoms with Crippen LogP contribution in [-0.2, 0) is 4.74 Å². The van der Waals surface area contributed by atoms with Gasteiger partial charge in [-0.25, -0.2) is 14.2 Å². The number of hydrogen-bond acceptors (Lipinski definition) is 8. The van der Waals surface area contributed by atoms with Gasteiger partial charge in [-0.15, -0.1) is 0 Å². The van der Waals surface area contributed by atoms with Crippen molar-refractivity contribution in [3.05, 3.63) is 36.3 Å². The highest BCUT2D eigenvalue weighted by Crippen LogP contribution is 2.45. The van der Waals surface area contributed by atoms with Crippen LogP contribution in [-0.4, -0.2) is 68.6 Å². The number of piperidine rings is 1. The Bertz CT molecular complexity index is 1360. The molecule has 5 heterocycles. The minimum atomic E-state index is -3.87. The highest BCUT2D eigenvalue weighted by atomic mass is 32.1. The van der Waals surface area contributed by atoms with Gasteiger partial charge in [0.05, 0.1) is 34.2 Å². The average Bonchev–Trinajstić information content (AvgIpc) is 3.24. The number of ether oxygens (including phenoxy) is 2. The van der Waals surface area contributed by atoms with Gasteiger partial charge in [-0.2, -0.15) is 8.78 Å². The standard InChI is InChI=1S/C26H29F3N4O4S/c1-24(2,3)37-23(34)33-15-10-16(33)13-32(12-15)22-31-20-17(18-8-6-14(27)11-30-18)7-9-19(21(20)38-22)36-26(28,29)25(4,5)35/h6-9,11,15-16,35H,10,12-13H2,1-5H3. The molecule has 3 aliphatic heterocycles. The topological polar surface area (TPSA) is 88.0 Å². The number of carbonyl (C=O) groups excluding carboxylic acids is 1. The van der Waals surface area contributed by atoms with Gasteiger partial charge in [0.1, 0.15) is 17.2 Å². The van der Waals surface area contributed by atoms with Gasteiger partial charge < -0.3 is 19.5 Å². The Morgan fingerprint density at radius 3 is 2.37 bits per heavy atom. The van der Waals surface area contributed by atoms with E-state index in [2.05, 4.69) is 4.98 Å². The number of thiazole rings is 1. The minimum Gasteiger partial charge on any atom is -0.444 e. The number of carbonyl (C=O) groups is 1. The number of amides is 1. The highest BCUT2D eigenvalue weighted by molar-refractivity contribution is 7.22. The molecular weight excluding hydrogens is 521 g/mol. The Balaban J connectivity index is 1.49. The molecule has 2 unspecified atom stereocenters. The molecule has 0 radical (unpaired) electrons. The van der Waals surface area contributed by atoms with Gasteiger partial charge in [-0.3, -0.25) is 9.88 Å². The third-order valence-electron chi connectivity index (χ3n) is 6.52. The fourth-order valence-corrected chi connectivity index (χ4v) is 5.63. The maximum atomic E-state index is 14.7. The van der Waals surface area contributed by atoms with Crippen molar-refractivity contribution >= 4 is 32.8 Å². The fourth-order valence-electron chi connectivity index (χ4n) is 4.57. The molecule has 2 aromatic heterocycles. The van der Waals surface area contributed by atoms with Crippen molar-refractivity contribution in [2.24, 2.45) is 0 Å². The Kier molecular flexibility index (Phi) is 6.26. The molecule has 3 aromatic rings. The van der Waals surface area contributed by atoms with Crippen molar-refractivity contribution in [1.29, 1.82) is 0 Å². The van der Waals surface area contributed by atoms with Crippen molar-refractivity contribution in [3.63, 3.8) is 0 Å². The van der Waals surface area contributed by atoms with Crippen LogP contribution in [0.5, 0.6) is 5.75 Å². The number of hydrogen-bond donors (Lipinski definition) is 1. The fraction of sp³-hybridized carbons (Fsp3) is 0.500. The van der Waals surface area contributed by atoms with E-state index in [4.69, 9.17) is 14.5 Å². The Morgan fingerprint density at radius 1 is 1.11 bits per heavy atom. The zero-order valence-electron chi connectivity index (χ0n) is 21.7. The quantitative estimate of drug-likeness (QED) is 0.453. The molecule has 204 valence electrons. The van der Waals surface area contributed by atoms with E-state index in [1.54, 1.807) is 11.0 Å². The second kappa shape index (κ2) is 8.98. The molecule has 1 aromatic carbocycles. The zero-order valence-corrected chi connectivity index (χ0v) is 22.5. The van der Waals surface area contributed by atoms with Crippen LogP contribution in [0.2, 0.25) is 0 Å². The lowest BCUT2D eigenvalue weighted by molar-refractivity contribution is -0.275. The number of rotatable bonds is 5. The number of halogens is 3. The summed E-state index contributed by atoms with van der Waals surface area (Å²) >= 11 is 1.17. The van der Waals surface area contributed by atoms with Crippen LogP contribution >= 0.6 is 11.3 Å². The van der Waals surface area contributed by atoms with Gasteiger partial charge in [0.15, 0.2) is 10.7 Å². The number of fused-ring (bicyclic) bond motifs is 3. The molecule has 12 heteroatoms. The lowest BCUT2D eigenvalue weighted by atomic mass is 9.88. The number of piperazine rings is 1. The summed E-state index contributed by atoms with van der Waals surface area (Å²) in [6, 6.07) is 5.57. The number of benzene rings is 1. The summed E-state index contributed by atoms with van der Waals surface area (Å²) in [6.07, 6.45) is -2.31. The van der Waals surface area contributed by atoms with Gasteiger partial charge in [-0.1, -0.05) is 11.3 Å². The number of pyridine rings is 1. The van der Waals surface area contributed by atoms with Crippen molar-refractivity contribution in [1.82, 2.24) is 14.9 Å². The third kappa shape index (κ3) is 4.86. The molecule has 1 amide bonds. The SMILES string of the molecule is CC(C)(C)OC(=O)N1C2CC1CN(c1nc3c(-c4ccc(F)cn4)ccc(OC(F)(F)C(C)(C)O)c3s1)C2. The summed E-state index contributed by atoms with van der Waals surface area (Å²) in [5.41, 5.74) is -1.70. The zero-order chi connectivity index (χ0) is 27.6. The molecule has 2 bridgehead atoms. The molecule has 1 N–H and O–H groups in total. The van der Waals surface area contributed by atoms with Crippen LogP contribution in [0.1, 0.15) is 41.0 Å². The molecule has 2 atom stereocenters. The van der Waals surface area contributed by atoms with E-state index in [0.717, 1.165) is 26.5 Å². The molecule has 0 saturated carbocycles. The first kappa shape index (κ1) is 26.5. The summed E-state index contributed by atoms with van der Waals surface area (Å²) in [7, 11) is 0. The summed E-state index contributed by atoms with van der Waals surface area (Å²) in [6.45, 7) is 8.42. The molecule has 3 saturated heterocycles. The molecule has 0 aliphatic carbocycles. The Hall–Kier alpha value is -3.12. The van der Waals surface area contributed by atoms with Crippen molar-refractivity contribution in [2.75, 3.05) is 18.0 Å². The van der Waals surface area contributed by atoms with Gasteiger partial charge in [-0.05, 0) is 65.3 Å². The first-order chi connectivity index (χ1) is 17.6. The van der Waals surface area contributed by atoms with Crippen LogP contribution < -0.4 is 9.64 Å². The molecule has 0 spiro atoms. The van der Waals surface area contributed by atoms with E-state index in [0.29, 0.717) is 39.7 Å². The van der Waals surface area contributed by atoms with Crippen molar-refractivity contribution in [2.45, 2.75) is 70.4 Å². The Morgan fingerprint density at radius 2 is 1.79 bits per heavy atom.